The molecule has 15 heavy (non-hydrogen) atoms. The molecule has 0 unspecified atom stereocenters. The van der Waals surface area contributed by atoms with E-state index in [1.807, 2.05) is 0 Å². The number of rotatable bonds is 5. The van der Waals surface area contributed by atoms with E-state index in [4.69, 9.17) is 16.9 Å². The maximum absolute atomic E-state index is 12.2. The molecule has 1 aromatic carbocycles. The summed E-state index contributed by atoms with van der Waals surface area (Å²) in [6.45, 7) is 4.26. The molecule has 0 N–H and O–H groups in total. The maximum Gasteiger partial charge on any atom is 0.361 e. The molecule has 0 saturated carbocycles. The minimum Gasteiger partial charge on any atom is -0.305 e. The molecule has 0 aliphatic heterocycles. The van der Waals surface area contributed by atoms with Gasteiger partial charge < -0.3 is 9.05 Å². The lowest BCUT2D eigenvalue weighted by atomic mass is 9.97. The van der Waals surface area contributed by atoms with Gasteiger partial charge in [0.05, 0.1) is 18.5 Å². The number of hydrogen-bond acceptors (Lipinski definition) is 3. The van der Waals surface area contributed by atoms with Crippen LogP contribution in [0, 0.1) is 0 Å². The molecular formula is C10H14BO3P. The average Bonchev–Trinajstić information content (AvgIpc) is 2.19. The van der Waals surface area contributed by atoms with Gasteiger partial charge in [-0.25, -0.2) is 0 Å². The van der Waals surface area contributed by atoms with Gasteiger partial charge in [0, 0.05) is 0 Å². The lowest BCUT2D eigenvalue weighted by Gasteiger charge is -2.17. The Morgan fingerprint density at radius 3 is 2.00 bits per heavy atom. The standard InChI is InChI=1S/C10H14BO3P/c1-3-13-15(12,14-4-2)10-7-5-9(11)6-8-10/h5-8H,3-4H2,1-2H3. The quantitative estimate of drug-likeness (QED) is 0.559. The zero-order valence-electron chi connectivity index (χ0n) is 8.97. The van der Waals surface area contributed by atoms with E-state index in [1.165, 1.54) is 0 Å². The van der Waals surface area contributed by atoms with Gasteiger partial charge in [0.15, 0.2) is 0 Å². The van der Waals surface area contributed by atoms with E-state index in [0.29, 0.717) is 24.0 Å². The lowest BCUT2D eigenvalue weighted by molar-refractivity contribution is 0.230. The summed E-state index contributed by atoms with van der Waals surface area (Å²) in [5.74, 6) is 0. The van der Waals surface area contributed by atoms with E-state index in [2.05, 4.69) is 0 Å². The summed E-state index contributed by atoms with van der Waals surface area (Å²) in [7, 11) is 2.40. The monoisotopic (exact) mass is 224 g/mol. The van der Waals surface area contributed by atoms with Crippen LogP contribution in [-0.4, -0.2) is 21.1 Å². The Morgan fingerprint density at radius 2 is 1.60 bits per heavy atom. The molecule has 1 aromatic rings. The van der Waals surface area contributed by atoms with Gasteiger partial charge in [-0.1, -0.05) is 17.6 Å². The predicted octanol–water partition coefficient (Wildman–Crippen LogP) is 1.37. The van der Waals surface area contributed by atoms with Crippen LogP contribution in [0.4, 0.5) is 0 Å². The van der Waals surface area contributed by atoms with Crippen molar-refractivity contribution < 1.29 is 13.6 Å². The highest BCUT2D eigenvalue weighted by atomic mass is 31.2. The first-order chi connectivity index (χ1) is 7.12. The summed E-state index contributed by atoms with van der Waals surface area (Å²) in [5.41, 5.74) is 0.623. The second-order valence-corrected chi connectivity index (χ2v) is 4.95. The molecule has 5 heteroatoms. The SMILES string of the molecule is [B]c1ccc(P(=O)(OCC)OCC)cc1. The van der Waals surface area contributed by atoms with Crippen molar-refractivity contribution in [3.05, 3.63) is 24.3 Å². The van der Waals surface area contributed by atoms with Crippen LogP contribution in [0.5, 0.6) is 0 Å². The summed E-state index contributed by atoms with van der Waals surface area (Å²) in [5, 5.41) is 0.542. The van der Waals surface area contributed by atoms with Crippen LogP contribution in [0.3, 0.4) is 0 Å². The predicted molar refractivity (Wildman–Crippen MR) is 62.3 cm³/mol. The summed E-state index contributed by atoms with van der Waals surface area (Å²) in [6, 6.07) is 6.70. The molecule has 0 aliphatic carbocycles. The van der Waals surface area contributed by atoms with Crippen LogP contribution in [0.15, 0.2) is 24.3 Å². The third-order valence-corrected chi connectivity index (χ3v) is 3.93. The smallest absolute Gasteiger partial charge is 0.305 e. The van der Waals surface area contributed by atoms with E-state index in [0.717, 1.165) is 0 Å². The van der Waals surface area contributed by atoms with Crippen molar-refractivity contribution in [2.75, 3.05) is 13.2 Å². The highest BCUT2D eigenvalue weighted by Gasteiger charge is 2.25. The Balaban J connectivity index is 2.98. The van der Waals surface area contributed by atoms with Crippen molar-refractivity contribution in [3.8, 4) is 0 Å². The Labute approximate surface area is 91.7 Å². The van der Waals surface area contributed by atoms with Crippen molar-refractivity contribution in [1.29, 1.82) is 0 Å². The fourth-order valence-electron chi connectivity index (χ4n) is 1.18. The van der Waals surface area contributed by atoms with Gasteiger partial charge >= 0.3 is 7.60 Å². The first kappa shape index (κ1) is 12.5. The molecule has 80 valence electrons. The van der Waals surface area contributed by atoms with Crippen LogP contribution in [-0.2, 0) is 13.6 Å². The van der Waals surface area contributed by atoms with E-state index in [-0.39, 0.29) is 0 Å². The first-order valence-electron chi connectivity index (χ1n) is 4.87. The van der Waals surface area contributed by atoms with Gasteiger partial charge in [-0.05, 0) is 26.0 Å². The fraction of sp³-hybridized carbons (Fsp3) is 0.400. The molecule has 0 saturated heterocycles. The first-order valence-corrected chi connectivity index (χ1v) is 6.42. The van der Waals surface area contributed by atoms with Gasteiger partial charge in [0.25, 0.3) is 0 Å². The highest BCUT2D eigenvalue weighted by Crippen LogP contribution is 2.46. The third-order valence-electron chi connectivity index (χ3n) is 1.81. The van der Waals surface area contributed by atoms with Crippen molar-refractivity contribution in [2.24, 2.45) is 0 Å². The Hall–Kier alpha value is -0.565. The molecule has 0 atom stereocenters. The average molecular weight is 224 g/mol. The van der Waals surface area contributed by atoms with E-state index in [9.17, 15) is 4.57 Å². The van der Waals surface area contributed by atoms with Crippen molar-refractivity contribution in [2.45, 2.75) is 13.8 Å². The largest absolute Gasteiger partial charge is 0.361 e. The number of hydrogen-bond donors (Lipinski definition) is 0. The highest BCUT2D eigenvalue weighted by molar-refractivity contribution is 7.62. The number of benzene rings is 1. The van der Waals surface area contributed by atoms with Crippen molar-refractivity contribution in [3.63, 3.8) is 0 Å². The minimum atomic E-state index is -3.15. The molecule has 0 fully saturated rings. The Morgan fingerprint density at radius 1 is 1.13 bits per heavy atom. The van der Waals surface area contributed by atoms with Gasteiger partial charge in [-0.15, -0.1) is 0 Å². The molecule has 0 amide bonds. The maximum atomic E-state index is 12.2. The molecule has 0 heterocycles. The molecule has 3 nitrogen and oxygen atoms in total. The molecule has 0 bridgehead atoms. The van der Waals surface area contributed by atoms with E-state index < -0.39 is 7.60 Å². The summed E-state index contributed by atoms with van der Waals surface area (Å²) < 4.78 is 22.6. The second-order valence-electron chi connectivity index (χ2n) is 2.92. The molecule has 0 spiro atoms. The summed E-state index contributed by atoms with van der Waals surface area (Å²) in [4.78, 5) is 0. The zero-order chi connectivity index (χ0) is 11.3. The van der Waals surface area contributed by atoms with Crippen LogP contribution in [0.25, 0.3) is 0 Å². The molecule has 0 aromatic heterocycles. The Kier molecular flexibility index (Phi) is 4.58. The van der Waals surface area contributed by atoms with Crippen LogP contribution >= 0.6 is 7.60 Å². The van der Waals surface area contributed by atoms with Gasteiger partial charge in [0.2, 0.25) is 0 Å². The fourth-order valence-corrected chi connectivity index (χ4v) is 2.75. The van der Waals surface area contributed by atoms with Gasteiger partial charge in [0.1, 0.15) is 7.85 Å². The topological polar surface area (TPSA) is 35.5 Å². The second kappa shape index (κ2) is 5.50. The van der Waals surface area contributed by atoms with Crippen LogP contribution in [0.1, 0.15) is 13.8 Å². The minimum absolute atomic E-state index is 0.349. The molecule has 2 radical (unpaired) electrons. The van der Waals surface area contributed by atoms with Crippen molar-refractivity contribution >= 4 is 26.2 Å². The molecule has 1 rings (SSSR count). The van der Waals surface area contributed by atoms with E-state index >= 15 is 0 Å². The van der Waals surface area contributed by atoms with Crippen molar-refractivity contribution in [1.82, 2.24) is 0 Å². The van der Waals surface area contributed by atoms with E-state index in [1.54, 1.807) is 38.1 Å². The van der Waals surface area contributed by atoms with Crippen LogP contribution in [0.2, 0.25) is 0 Å². The summed E-state index contributed by atoms with van der Waals surface area (Å²) >= 11 is 0. The normalized spacial score (nSPS) is 11.6. The molecule has 0 aliphatic rings. The third kappa shape index (κ3) is 3.20. The van der Waals surface area contributed by atoms with Gasteiger partial charge in [-0.3, -0.25) is 4.57 Å². The summed E-state index contributed by atoms with van der Waals surface area (Å²) in [6.07, 6.45) is 0. The van der Waals surface area contributed by atoms with Gasteiger partial charge in [-0.2, -0.15) is 0 Å². The van der Waals surface area contributed by atoms with Crippen LogP contribution < -0.4 is 10.8 Å². The lowest BCUT2D eigenvalue weighted by Crippen LogP contribution is -2.13. The molecular weight excluding hydrogens is 210 g/mol. The Bertz CT molecular complexity index is 340. The zero-order valence-corrected chi connectivity index (χ0v) is 9.87.